The molecule has 2 aromatic rings. The van der Waals surface area contributed by atoms with Crippen LogP contribution in [-0.4, -0.2) is 54.5 Å². The van der Waals surface area contributed by atoms with Crippen LogP contribution in [-0.2, 0) is 11.3 Å². The first-order valence-corrected chi connectivity index (χ1v) is 10.9. The van der Waals surface area contributed by atoms with Crippen LogP contribution in [0.25, 0.3) is 0 Å². The van der Waals surface area contributed by atoms with Crippen molar-refractivity contribution in [3.63, 3.8) is 0 Å². The molecule has 31 heavy (non-hydrogen) atoms. The van der Waals surface area contributed by atoms with Gasteiger partial charge >= 0.3 is 6.03 Å². The number of aromatic hydroxyl groups is 1. The molecule has 166 valence electrons. The molecule has 7 heteroatoms. The second kappa shape index (κ2) is 9.06. The molecular weight excluding hydrogens is 394 g/mol. The number of benzene rings is 2. The first-order valence-electron chi connectivity index (χ1n) is 10.9. The highest BCUT2D eigenvalue weighted by Crippen LogP contribution is 2.33. The summed E-state index contributed by atoms with van der Waals surface area (Å²) in [4.78, 5) is 17.4. The Morgan fingerprint density at radius 3 is 2.58 bits per heavy atom. The fraction of sp³-hybridized carbons (Fsp3) is 0.458. The molecule has 2 aromatic carbocycles. The summed E-state index contributed by atoms with van der Waals surface area (Å²) in [5, 5.41) is 13.0. The molecule has 4 rings (SSSR count). The minimum atomic E-state index is -0.114. The highest BCUT2D eigenvalue weighted by molar-refractivity contribution is 5.93. The number of amides is 2. The third-order valence-corrected chi connectivity index (χ3v) is 5.75. The topological polar surface area (TPSA) is 74.3 Å². The van der Waals surface area contributed by atoms with E-state index in [0.717, 1.165) is 42.9 Å². The van der Waals surface area contributed by atoms with Gasteiger partial charge in [-0.3, -0.25) is 0 Å². The number of anilines is 2. The average molecular weight is 426 g/mol. The van der Waals surface area contributed by atoms with E-state index in [0.29, 0.717) is 12.3 Å². The molecule has 7 nitrogen and oxygen atoms in total. The normalized spacial score (nSPS) is 20.9. The molecule has 2 unspecified atom stereocenters. The van der Waals surface area contributed by atoms with Gasteiger partial charge in [-0.15, -0.1) is 0 Å². The third-order valence-electron chi connectivity index (χ3n) is 5.75. The van der Waals surface area contributed by atoms with Gasteiger partial charge in [-0.1, -0.05) is 18.2 Å². The molecule has 1 aliphatic carbocycles. The van der Waals surface area contributed by atoms with Crippen molar-refractivity contribution in [1.29, 1.82) is 0 Å². The van der Waals surface area contributed by atoms with E-state index in [9.17, 15) is 9.90 Å². The van der Waals surface area contributed by atoms with Crippen molar-refractivity contribution in [3.05, 3.63) is 48.0 Å². The van der Waals surface area contributed by atoms with Crippen LogP contribution < -0.4 is 15.0 Å². The van der Waals surface area contributed by atoms with E-state index in [2.05, 4.69) is 24.1 Å². The highest BCUT2D eigenvalue weighted by Gasteiger charge is 2.33. The van der Waals surface area contributed by atoms with Crippen LogP contribution in [0.5, 0.6) is 11.5 Å². The zero-order valence-electron chi connectivity index (χ0n) is 18.4. The Labute approximate surface area is 183 Å². The maximum absolute atomic E-state index is 13.3. The van der Waals surface area contributed by atoms with Crippen LogP contribution in [0.15, 0.2) is 42.5 Å². The lowest BCUT2D eigenvalue weighted by Gasteiger charge is -2.37. The van der Waals surface area contributed by atoms with Crippen LogP contribution in [0.2, 0.25) is 0 Å². The number of nitrogens with zero attached hydrogens (tertiary/aromatic N) is 2. The smallest absolute Gasteiger partial charge is 0.322 e. The van der Waals surface area contributed by atoms with Gasteiger partial charge in [0.15, 0.2) is 11.5 Å². The summed E-state index contributed by atoms with van der Waals surface area (Å²) in [6.07, 6.45) is 2.28. The maximum atomic E-state index is 13.3. The van der Waals surface area contributed by atoms with Crippen molar-refractivity contribution in [2.24, 2.45) is 0 Å². The van der Waals surface area contributed by atoms with Crippen molar-refractivity contribution in [3.8, 4) is 11.5 Å². The summed E-state index contributed by atoms with van der Waals surface area (Å²) < 4.78 is 11.1. The first kappa shape index (κ1) is 21.3. The predicted octanol–water partition coefficient (Wildman–Crippen LogP) is 4.21. The van der Waals surface area contributed by atoms with Gasteiger partial charge in [0.25, 0.3) is 0 Å². The molecule has 0 spiro atoms. The largest absolute Gasteiger partial charge is 0.504 e. The molecule has 0 radical (unpaired) electrons. The number of para-hydroxylation sites is 2. The van der Waals surface area contributed by atoms with E-state index in [1.807, 2.05) is 35.2 Å². The highest BCUT2D eigenvalue weighted by atomic mass is 16.5. The summed E-state index contributed by atoms with van der Waals surface area (Å²) in [5.41, 5.74) is 2.74. The number of morpholine rings is 1. The number of carbonyl (C=O) groups excluding carboxylic acids is 1. The second-order valence-electron chi connectivity index (χ2n) is 8.47. The Bertz CT molecular complexity index is 921. The van der Waals surface area contributed by atoms with Crippen molar-refractivity contribution >= 4 is 17.4 Å². The Hall–Kier alpha value is -2.93. The second-order valence-corrected chi connectivity index (χ2v) is 8.47. The summed E-state index contributed by atoms with van der Waals surface area (Å²) in [5.74, 6) is 0.506. The van der Waals surface area contributed by atoms with Crippen molar-refractivity contribution in [2.75, 3.05) is 30.4 Å². The summed E-state index contributed by atoms with van der Waals surface area (Å²) in [6.45, 7) is 6.18. The van der Waals surface area contributed by atoms with Gasteiger partial charge in [0.1, 0.15) is 0 Å². The number of hydrogen-bond donors (Lipinski definition) is 2. The maximum Gasteiger partial charge on any atom is 0.322 e. The standard InChI is InChI=1S/C24H31N3O4/c1-16-13-26(14-17(2)31-16)21-7-5-4-6-20(21)25-24(29)27(19-9-10-19)15-18-8-11-22(28)23(12-18)30-3/h4-8,11-12,16-17,19,28H,9-10,13-15H2,1-3H3,(H,25,29). The Morgan fingerprint density at radius 1 is 1.19 bits per heavy atom. The van der Waals surface area contributed by atoms with E-state index < -0.39 is 0 Å². The number of urea groups is 1. The number of nitrogens with one attached hydrogen (secondary N) is 1. The molecule has 1 heterocycles. The molecule has 2 fully saturated rings. The van der Waals surface area contributed by atoms with Gasteiger partial charge in [-0.2, -0.15) is 0 Å². The molecule has 1 aliphatic heterocycles. The molecule has 0 bridgehead atoms. The SMILES string of the molecule is COc1cc(CN(C(=O)Nc2ccccc2N2CC(C)OC(C)C2)C2CC2)ccc1O. The van der Waals surface area contributed by atoms with Crippen molar-refractivity contribution < 1.29 is 19.4 Å². The average Bonchev–Trinajstić information content (AvgIpc) is 3.58. The molecular formula is C24H31N3O4. The van der Waals surface area contributed by atoms with E-state index in [1.165, 1.54) is 7.11 Å². The lowest BCUT2D eigenvalue weighted by Crippen LogP contribution is -2.46. The number of ether oxygens (including phenoxy) is 2. The molecule has 2 aliphatic rings. The van der Waals surface area contributed by atoms with Gasteiger partial charge in [-0.05, 0) is 56.5 Å². The van der Waals surface area contributed by atoms with Gasteiger partial charge in [0.2, 0.25) is 0 Å². The number of carbonyl (C=O) groups is 1. The number of methoxy groups -OCH3 is 1. The van der Waals surface area contributed by atoms with Crippen LogP contribution in [0.1, 0.15) is 32.3 Å². The van der Waals surface area contributed by atoms with E-state index in [1.54, 1.807) is 12.1 Å². The summed E-state index contributed by atoms with van der Waals surface area (Å²) in [7, 11) is 1.52. The van der Waals surface area contributed by atoms with E-state index in [-0.39, 0.29) is 30.0 Å². The Balaban J connectivity index is 1.51. The number of rotatable bonds is 6. The van der Waals surface area contributed by atoms with Gasteiger partial charge in [-0.25, -0.2) is 4.79 Å². The zero-order chi connectivity index (χ0) is 22.0. The zero-order valence-corrected chi connectivity index (χ0v) is 18.4. The summed E-state index contributed by atoms with van der Waals surface area (Å²) >= 11 is 0. The van der Waals surface area contributed by atoms with Gasteiger partial charge in [0.05, 0.1) is 30.7 Å². The first-order chi connectivity index (χ1) is 14.9. The van der Waals surface area contributed by atoms with Crippen molar-refractivity contribution in [2.45, 2.75) is 51.5 Å². The minimum Gasteiger partial charge on any atom is -0.504 e. The van der Waals surface area contributed by atoms with Crippen LogP contribution >= 0.6 is 0 Å². The van der Waals surface area contributed by atoms with Gasteiger partial charge < -0.3 is 29.7 Å². The number of phenolic OH excluding ortho intramolecular Hbond substituents is 1. The summed E-state index contributed by atoms with van der Waals surface area (Å²) in [6, 6.07) is 13.3. The van der Waals surface area contributed by atoms with Gasteiger partial charge in [0, 0.05) is 25.7 Å². The Kier molecular flexibility index (Phi) is 6.23. The van der Waals surface area contributed by atoms with Crippen LogP contribution in [0.3, 0.4) is 0 Å². The fourth-order valence-electron chi connectivity index (χ4n) is 4.19. The van der Waals surface area contributed by atoms with Crippen LogP contribution in [0, 0.1) is 0 Å². The molecule has 1 saturated heterocycles. The third kappa shape index (κ3) is 5.05. The van der Waals surface area contributed by atoms with Crippen LogP contribution in [0.4, 0.5) is 16.2 Å². The molecule has 2 atom stereocenters. The number of phenols is 1. The van der Waals surface area contributed by atoms with E-state index >= 15 is 0 Å². The molecule has 2 amide bonds. The lowest BCUT2D eigenvalue weighted by atomic mass is 10.1. The van der Waals surface area contributed by atoms with E-state index in [4.69, 9.17) is 9.47 Å². The predicted molar refractivity (Wildman–Crippen MR) is 121 cm³/mol. The molecule has 1 saturated carbocycles. The minimum absolute atomic E-state index is 0.0940. The Morgan fingerprint density at radius 2 is 1.90 bits per heavy atom. The fourth-order valence-corrected chi connectivity index (χ4v) is 4.19. The quantitative estimate of drug-likeness (QED) is 0.725. The van der Waals surface area contributed by atoms with Crippen molar-refractivity contribution in [1.82, 2.24) is 4.90 Å². The molecule has 2 N–H and O–H groups in total. The number of hydrogen-bond acceptors (Lipinski definition) is 5. The lowest BCUT2D eigenvalue weighted by molar-refractivity contribution is -0.00517. The monoisotopic (exact) mass is 425 g/mol. The molecule has 0 aromatic heterocycles.